The van der Waals surface area contributed by atoms with Gasteiger partial charge in [0.25, 0.3) is 0 Å². The number of pyridine rings is 1. The summed E-state index contributed by atoms with van der Waals surface area (Å²) in [6.45, 7) is 8.67. The Hall–Kier alpha value is -2.41. The van der Waals surface area contributed by atoms with Crippen molar-refractivity contribution in [2.45, 2.75) is 27.7 Å². The van der Waals surface area contributed by atoms with Gasteiger partial charge in [-0.15, -0.1) is 0 Å². The zero-order chi connectivity index (χ0) is 15.7. The van der Waals surface area contributed by atoms with E-state index < -0.39 is 0 Å². The van der Waals surface area contributed by atoms with E-state index in [0.717, 1.165) is 0 Å². The molecular weight excluding hydrogens is 266 g/mol. The maximum Gasteiger partial charge on any atom is 0.211 e. The van der Waals surface area contributed by atoms with Crippen molar-refractivity contribution in [3.8, 4) is 16.8 Å². The largest absolute Gasteiger partial charge is 0.211 e. The van der Waals surface area contributed by atoms with E-state index in [1.165, 1.54) is 39.3 Å². The summed E-state index contributed by atoms with van der Waals surface area (Å²) in [4.78, 5) is 0. The molecule has 0 spiro atoms. The molecule has 0 aliphatic carbocycles. The van der Waals surface area contributed by atoms with Crippen molar-refractivity contribution in [3.05, 3.63) is 83.2 Å². The van der Waals surface area contributed by atoms with Crippen LogP contribution in [-0.4, -0.2) is 0 Å². The van der Waals surface area contributed by atoms with Crippen molar-refractivity contribution in [2.24, 2.45) is 0 Å². The summed E-state index contributed by atoms with van der Waals surface area (Å²) in [6, 6.07) is 21.7. The van der Waals surface area contributed by atoms with Gasteiger partial charge in [-0.2, -0.15) is 4.57 Å². The van der Waals surface area contributed by atoms with E-state index in [4.69, 9.17) is 0 Å². The van der Waals surface area contributed by atoms with E-state index >= 15 is 0 Å². The Bertz CT molecular complexity index is 794. The van der Waals surface area contributed by atoms with Crippen LogP contribution in [0.5, 0.6) is 0 Å². The second-order valence-corrected chi connectivity index (χ2v) is 6.02. The second kappa shape index (κ2) is 5.76. The van der Waals surface area contributed by atoms with Gasteiger partial charge in [0.2, 0.25) is 5.69 Å². The Balaban J connectivity index is 2.14. The van der Waals surface area contributed by atoms with Crippen LogP contribution in [0.25, 0.3) is 16.8 Å². The Morgan fingerprint density at radius 3 is 1.91 bits per heavy atom. The van der Waals surface area contributed by atoms with Gasteiger partial charge in [0.05, 0.1) is 0 Å². The van der Waals surface area contributed by atoms with Crippen molar-refractivity contribution in [3.63, 3.8) is 0 Å². The monoisotopic (exact) mass is 288 g/mol. The fourth-order valence-electron chi connectivity index (χ4n) is 3.18. The molecule has 0 atom stereocenters. The summed E-state index contributed by atoms with van der Waals surface area (Å²) in [7, 11) is 0. The molecule has 0 saturated heterocycles. The van der Waals surface area contributed by atoms with Crippen LogP contribution >= 0.6 is 0 Å². The molecule has 1 heteroatoms. The molecule has 0 saturated carbocycles. The first kappa shape index (κ1) is 14.5. The third-order valence-corrected chi connectivity index (χ3v) is 4.14. The van der Waals surface area contributed by atoms with Crippen molar-refractivity contribution in [2.75, 3.05) is 0 Å². The van der Waals surface area contributed by atoms with E-state index in [1.807, 2.05) is 0 Å². The molecule has 2 aromatic carbocycles. The van der Waals surface area contributed by atoms with E-state index in [0.29, 0.717) is 0 Å². The van der Waals surface area contributed by atoms with Gasteiger partial charge in [0.15, 0.2) is 11.4 Å². The van der Waals surface area contributed by atoms with Crippen LogP contribution < -0.4 is 4.57 Å². The molecule has 0 amide bonds. The molecule has 0 aliphatic heterocycles. The molecule has 3 rings (SSSR count). The molecule has 1 heterocycles. The number of aromatic nitrogens is 1. The summed E-state index contributed by atoms with van der Waals surface area (Å²) < 4.78 is 2.30. The van der Waals surface area contributed by atoms with Gasteiger partial charge in [0.1, 0.15) is 0 Å². The zero-order valence-electron chi connectivity index (χ0n) is 13.7. The summed E-state index contributed by atoms with van der Waals surface area (Å²) >= 11 is 0. The second-order valence-electron chi connectivity index (χ2n) is 6.02. The van der Waals surface area contributed by atoms with E-state index in [9.17, 15) is 0 Å². The molecule has 0 bridgehead atoms. The number of hydrogen-bond donors (Lipinski definition) is 0. The minimum atomic E-state index is 1.21. The highest BCUT2D eigenvalue weighted by Gasteiger charge is 2.16. The average molecular weight is 288 g/mol. The SMILES string of the molecule is Cc1ccc(-c2cc(C)[n+](-c3ccccc3)c(C)c2)c(C)c1. The van der Waals surface area contributed by atoms with Gasteiger partial charge in [-0.3, -0.25) is 0 Å². The molecule has 3 aromatic rings. The van der Waals surface area contributed by atoms with Gasteiger partial charge in [-0.25, -0.2) is 0 Å². The normalized spacial score (nSPS) is 10.7. The number of aryl methyl sites for hydroxylation is 4. The highest BCUT2D eigenvalue weighted by molar-refractivity contribution is 5.67. The van der Waals surface area contributed by atoms with Gasteiger partial charge in [-0.05, 0) is 30.5 Å². The van der Waals surface area contributed by atoms with Crippen molar-refractivity contribution in [1.82, 2.24) is 0 Å². The number of benzene rings is 2. The molecule has 1 aromatic heterocycles. The van der Waals surface area contributed by atoms with Crippen LogP contribution in [0.2, 0.25) is 0 Å². The minimum absolute atomic E-state index is 1.21. The molecular formula is C21H22N+. The van der Waals surface area contributed by atoms with Crippen LogP contribution in [0, 0.1) is 27.7 Å². The molecule has 0 aliphatic rings. The smallest absolute Gasteiger partial charge is 0.162 e. The average Bonchev–Trinajstić information content (AvgIpc) is 2.47. The number of hydrogen-bond acceptors (Lipinski definition) is 0. The van der Waals surface area contributed by atoms with Gasteiger partial charge < -0.3 is 0 Å². The van der Waals surface area contributed by atoms with Crippen molar-refractivity contribution >= 4 is 0 Å². The maximum absolute atomic E-state index is 2.30. The van der Waals surface area contributed by atoms with E-state index in [-0.39, 0.29) is 0 Å². The van der Waals surface area contributed by atoms with Gasteiger partial charge >= 0.3 is 0 Å². The predicted molar refractivity (Wildman–Crippen MR) is 92.4 cm³/mol. The fourth-order valence-corrected chi connectivity index (χ4v) is 3.18. The Kier molecular flexibility index (Phi) is 3.81. The lowest BCUT2D eigenvalue weighted by atomic mass is 9.98. The topological polar surface area (TPSA) is 3.88 Å². The van der Waals surface area contributed by atoms with Gasteiger partial charge in [-0.1, -0.05) is 42.0 Å². The van der Waals surface area contributed by atoms with Crippen molar-refractivity contribution in [1.29, 1.82) is 0 Å². The molecule has 0 fully saturated rings. The first-order valence-electron chi connectivity index (χ1n) is 7.72. The fraction of sp³-hybridized carbons (Fsp3) is 0.190. The predicted octanol–water partition coefficient (Wildman–Crippen LogP) is 4.86. The summed E-state index contributed by atoms with van der Waals surface area (Å²) in [5, 5.41) is 0. The lowest BCUT2D eigenvalue weighted by Crippen LogP contribution is -2.37. The van der Waals surface area contributed by atoms with Crippen LogP contribution in [0.15, 0.2) is 60.7 Å². The van der Waals surface area contributed by atoms with Crippen molar-refractivity contribution < 1.29 is 4.57 Å². The van der Waals surface area contributed by atoms with E-state index in [2.05, 4.69) is 92.9 Å². The Morgan fingerprint density at radius 1 is 0.682 bits per heavy atom. The molecule has 0 N–H and O–H groups in total. The van der Waals surface area contributed by atoms with Crippen LogP contribution in [0.3, 0.4) is 0 Å². The van der Waals surface area contributed by atoms with Gasteiger partial charge in [0, 0.05) is 38.1 Å². The quantitative estimate of drug-likeness (QED) is 0.593. The standard InChI is InChI=1S/C21H22N/c1-15-10-11-21(16(2)12-15)19-13-17(3)22(18(4)14-19)20-8-6-5-7-9-20/h5-14H,1-4H3/q+1. The first-order chi connectivity index (χ1) is 10.6. The third-order valence-electron chi connectivity index (χ3n) is 4.14. The number of para-hydroxylation sites is 1. The molecule has 1 nitrogen and oxygen atoms in total. The third kappa shape index (κ3) is 2.67. The highest BCUT2D eigenvalue weighted by Crippen LogP contribution is 2.25. The summed E-state index contributed by atoms with van der Waals surface area (Å²) in [5.74, 6) is 0. The molecule has 0 radical (unpaired) electrons. The van der Waals surface area contributed by atoms with Crippen LogP contribution in [0.1, 0.15) is 22.5 Å². The summed E-state index contributed by atoms with van der Waals surface area (Å²) in [6.07, 6.45) is 0. The zero-order valence-corrected chi connectivity index (χ0v) is 13.7. The lowest BCUT2D eigenvalue weighted by Gasteiger charge is -2.10. The highest BCUT2D eigenvalue weighted by atomic mass is 15.0. The molecule has 22 heavy (non-hydrogen) atoms. The lowest BCUT2D eigenvalue weighted by molar-refractivity contribution is -0.609. The van der Waals surface area contributed by atoms with E-state index in [1.54, 1.807) is 0 Å². The minimum Gasteiger partial charge on any atom is -0.162 e. The number of rotatable bonds is 2. The van der Waals surface area contributed by atoms with Crippen LogP contribution in [0.4, 0.5) is 0 Å². The van der Waals surface area contributed by atoms with Crippen LogP contribution in [-0.2, 0) is 0 Å². The molecule has 110 valence electrons. The number of nitrogens with zero attached hydrogens (tertiary/aromatic N) is 1. The Morgan fingerprint density at radius 2 is 1.32 bits per heavy atom. The molecule has 0 unspecified atom stereocenters. The first-order valence-corrected chi connectivity index (χ1v) is 7.72. The Labute approximate surface area is 132 Å². The summed E-state index contributed by atoms with van der Waals surface area (Å²) in [5.41, 5.74) is 8.96. The maximum atomic E-state index is 2.30.